The zero-order chi connectivity index (χ0) is 20.6. The van der Waals surface area contributed by atoms with Crippen molar-refractivity contribution < 1.29 is 23.8 Å². The number of benzene rings is 2. The van der Waals surface area contributed by atoms with Gasteiger partial charge in [-0.2, -0.15) is 0 Å². The first-order chi connectivity index (χ1) is 13.9. The Morgan fingerprint density at radius 3 is 2.79 bits per heavy atom. The maximum absolute atomic E-state index is 13.9. The van der Waals surface area contributed by atoms with Crippen LogP contribution >= 0.6 is 0 Å². The van der Waals surface area contributed by atoms with E-state index in [1.165, 1.54) is 6.07 Å². The van der Waals surface area contributed by atoms with E-state index in [9.17, 15) is 19.1 Å². The summed E-state index contributed by atoms with van der Waals surface area (Å²) in [6.07, 6.45) is 1.07. The molecule has 0 spiro atoms. The van der Waals surface area contributed by atoms with Crippen molar-refractivity contribution in [2.75, 3.05) is 26.3 Å². The van der Waals surface area contributed by atoms with E-state index in [1.807, 2.05) is 18.2 Å². The first-order valence-corrected chi connectivity index (χ1v) is 9.84. The number of aryl methyl sites for hydroxylation is 1. The molecule has 1 amide bonds. The second kappa shape index (κ2) is 7.59. The van der Waals surface area contributed by atoms with E-state index in [2.05, 4.69) is 0 Å². The molecule has 2 fully saturated rings. The number of fused-ring (bicyclic) bond motifs is 1. The minimum absolute atomic E-state index is 0.101. The van der Waals surface area contributed by atoms with Gasteiger partial charge in [-0.25, -0.2) is 4.39 Å². The Labute approximate surface area is 169 Å². The number of ether oxygens (including phenoxy) is 1. The van der Waals surface area contributed by atoms with Gasteiger partial charge in [-0.15, -0.1) is 0 Å². The smallest absolute Gasteiger partial charge is 0.314 e. The molecular weight excluding hydrogens is 373 g/mol. The van der Waals surface area contributed by atoms with Crippen molar-refractivity contribution in [2.45, 2.75) is 19.8 Å². The van der Waals surface area contributed by atoms with Gasteiger partial charge in [0.15, 0.2) is 0 Å². The van der Waals surface area contributed by atoms with Crippen molar-refractivity contribution in [1.82, 2.24) is 4.90 Å². The molecule has 2 heterocycles. The van der Waals surface area contributed by atoms with E-state index < -0.39 is 11.4 Å². The number of likely N-dealkylation sites (tertiary alicyclic amines) is 1. The molecule has 6 heteroatoms. The van der Waals surface area contributed by atoms with Crippen molar-refractivity contribution in [3.63, 3.8) is 0 Å². The predicted octanol–water partition coefficient (Wildman–Crippen LogP) is 3.29. The predicted molar refractivity (Wildman–Crippen MR) is 105 cm³/mol. The number of hydrogen-bond acceptors (Lipinski definition) is 3. The molecule has 0 unspecified atom stereocenters. The van der Waals surface area contributed by atoms with Gasteiger partial charge in [-0.3, -0.25) is 9.59 Å². The van der Waals surface area contributed by atoms with Crippen LogP contribution in [-0.2, 0) is 16.0 Å². The summed E-state index contributed by atoms with van der Waals surface area (Å²) in [6, 6.07) is 12.4. The lowest BCUT2D eigenvalue weighted by Gasteiger charge is -2.33. The molecule has 1 N–H and O–H groups in total. The van der Waals surface area contributed by atoms with E-state index in [0.717, 1.165) is 11.1 Å². The second-order valence-electron chi connectivity index (χ2n) is 8.10. The molecule has 0 bridgehead atoms. The van der Waals surface area contributed by atoms with Crippen LogP contribution in [0.1, 0.15) is 33.5 Å². The lowest BCUT2D eigenvalue weighted by atomic mass is 9.76. The average molecular weight is 397 g/mol. The SMILES string of the molecule is Cc1ccc(Cc2ccccc2C(=O)N2C[C@@H]3CCOC[C@]3(C(=O)O)C2)cc1F. The molecule has 2 atom stereocenters. The van der Waals surface area contributed by atoms with Crippen LogP contribution < -0.4 is 0 Å². The number of carbonyl (C=O) groups is 2. The first kappa shape index (κ1) is 19.6. The summed E-state index contributed by atoms with van der Waals surface area (Å²) in [4.78, 5) is 26.9. The highest BCUT2D eigenvalue weighted by Gasteiger charge is 2.55. The number of carbonyl (C=O) groups excluding carboxylic acids is 1. The quantitative estimate of drug-likeness (QED) is 0.860. The van der Waals surface area contributed by atoms with Gasteiger partial charge >= 0.3 is 5.97 Å². The largest absolute Gasteiger partial charge is 0.481 e. The zero-order valence-electron chi connectivity index (χ0n) is 16.4. The molecule has 2 aromatic carbocycles. The molecule has 152 valence electrons. The molecule has 2 aliphatic rings. The number of hydrogen-bond donors (Lipinski definition) is 1. The van der Waals surface area contributed by atoms with E-state index in [4.69, 9.17) is 4.74 Å². The molecule has 5 nitrogen and oxygen atoms in total. The van der Waals surface area contributed by atoms with Crippen LogP contribution in [0.5, 0.6) is 0 Å². The molecule has 2 saturated heterocycles. The summed E-state index contributed by atoms with van der Waals surface area (Å²) in [5.74, 6) is -1.45. The first-order valence-electron chi connectivity index (χ1n) is 9.84. The van der Waals surface area contributed by atoms with Crippen LogP contribution in [0.25, 0.3) is 0 Å². The van der Waals surface area contributed by atoms with Gasteiger partial charge in [-0.05, 0) is 54.5 Å². The number of amides is 1. The molecule has 0 aromatic heterocycles. The monoisotopic (exact) mass is 397 g/mol. The third-order valence-corrected chi connectivity index (χ3v) is 6.26. The van der Waals surface area contributed by atoms with Crippen LogP contribution in [0.3, 0.4) is 0 Å². The maximum atomic E-state index is 13.9. The molecule has 0 aliphatic carbocycles. The Morgan fingerprint density at radius 2 is 2.07 bits per heavy atom. The highest BCUT2D eigenvalue weighted by molar-refractivity contribution is 5.96. The fourth-order valence-corrected chi connectivity index (χ4v) is 4.46. The fraction of sp³-hybridized carbons (Fsp3) is 0.391. The maximum Gasteiger partial charge on any atom is 0.314 e. The fourth-order valence-electron chi connectivity index (χ4n) is 4.46. The van der Waals surface area contributed by atoms with Gasteiger partial charge < -0.3 is 14.7 Å². The van der Waals surface area contributed by atoms with Gasteiger partial charge in [0, 0.05) is 25.3 Å². The van der Waals surface area contributed by atoms with E-state index in [0.29, 0.717) is 37.1 Å². The summed E-state index contributed by atoms with van der Waals surface area (Å²) in [5.41, 5.74) is 1.69. The van der Waals surface area contributed by atoms with Crippen molar-refractivity contribution in [2.24, 2.45) is 11.3 Å². The third-order valence-electron chi connectivity index (χ3n) is 6.26. The summed E-state index contributed by atoms with van der Waals surface area (Å²) < 4.78 is 19.4. The summed E-state index contributed by atoms with van der Waals surface area (Å²) in [5, 5.41) is 9.81. The minimum atomic E-state index is -1.02. The number of halogens is 1. The lowest BCUT2D eigenvalue weighted by Crippen LogP contribution is -2.46. The standard InChI is InChI=1S/C23H24FNO4/c1-15-6-7-16(11-20(15)24)10-17-4-2-3-5-19(17)21(26)25-12-18-8-9-29-14-23(18,13-25)22(27)28/h2-7,11,18H,8-10,12-14H2,1H3,(H,27,28)/t18-,23+/m0/s1. The molecule has 29 heavy (non-hydrogen) atoms. The Bertz CT molecular complexity index is 960. The Kier molecular flexibility index (Phi) is 5.13. The number of carboxylic acids is 1. The minimum Gasteiger partial charge on any atom is -0.481 e. The van der Waals surface area contributed by atoms with Crippen molar-refractivity contribution in [1.29, 1.82) is 0 Å². The Morgan fingerprint density at radius 1 is 1.28 bits per heavy atom. The molecular formula is C23H24FNO4. The molecule has 0 saturated carbocycles. The lowest BCUT2D eigenvalue weighted by molar-refractivity contribution is -0.159. The summed E-state index contributed by atoms with van der Waals surface area (Å²) in [6.45, 7) is 2.95. The highest BCUT2D eigenvalue weighted by Crippen LogP contribution is 2.42. The van der Waals surface area contributed by atoms with Crippen molar-refractivity contribution in [3.05, 3.63) is 70.5 Å². The van der Waals surface area contributed by atoms with Gasteiger partial charge in [0.25, 0.3) is 5.91 Å². The normalized spacial score (nSPS) is 23.7. The second-order valence-corrected chi connectivity index (χ2v) is 8.10. The molecule has 2 aromatic rings. The average Bonchev–Trinajstić information content (AvgIpc) is 3.12. The van der Waals surface area contributed by atoms with Crippen molar-refractivity contribution in [3.8, 4) is 0 Å². The highest BCUT2D eigenvalue weighted by atomic mass is 19.1. The van der Waals surface area contributed by atoms with Gasteiger partial charge in [-0.1, -0.05) is 30.3 Å². The van der Waals surface area contributed by atoms with E-state index >= 15 is 0 Å². The van der Waals surface area contributed by atoms with Gasteiger partial charge in [0.1, 0.15) is 11.2 Å². The van der Waals surface area contributed by atoms with Crippen LogP contribution in [0, 0.1) is 24.1 Å². The zero-order valence-corrected chi connectivity index (χ0v) is 16.4. The van der Waals surface area contributed by atoms with Crippen molar-refractivity contribution >= 4 is 11.9 Å². The molecule has 2 aliphatic heterocycles. The number of nitrogens with zero attached hydrogens (tertiary/aromatic N) is 1. The van der Waals surface area contributed by atoms with Crippen LogP contribution in [0.15, 0.2) is 42.5 Å². The Balaban J connectivity index is 1.60. The Hall–Kier alpha value is -2.73. The third kappa shape index (κ3) is 3.53. The van der Waals surface area contributed by atoms with Crippen LogP contribution in [0.4, 0.5) is 4.39 Å². The number of aliphatic carboxylic acids is 1. The van der Waals surface area contributed by atoms with E-state index in [-0.39, 0.29) is 30.8 Å². The number of carboxylic acid groups (broad SMARTS) is 1. The van der Waals surface area contributed by atoms with Gasteiger partial charge in [0.05, 0.1) is 6.61 Å². The topological polar surface area (TPSA) is 66.8 Å². The van der Waals surface area contributed by atoms with Crippen LogP contribution in [0.2, 0.25) is 0 Å². The van der Waals surface area contributed by atoms with Crippen LogP contribution in [-0.4, -0.2) is 48.2 Å². The van der Waals surface area contributed by atoms with Gasteiger partial charge in [0.2, 0.25) is 0 Å². The molecule has 4 rings (SSSR count). The summed E-state index contributed by atoms with van der Waals surface area (Å²) >= 11 is 0. The molecule has 0 radical (unpaired) electrons. The summed E-state index contributed by atoms with van der Waals surface area (Å²) in [7, 11) is 0. The number of rotatable bonds is 4. The van der Waals surface area contributed by atoms with E-state index in [1.54, 1.807) is 30.0 Å².